The van der Waals surface area contributed by atoms with E-state index in [1.54, 1.807) is 42.5 Å². The van der Waals surface area contributed by atoms with Crippen LogP contribution in [0.15, 0.2) is 18.2 Å². The summed E-state index contributed by atoms with van der Waals surface area (Å²) < 4.78 is 15.6. The Bertz CT molecular complexity index is 668. The molecule has 4 nitrogen and oxygen atoms in total. The van der Waals surface area contributed by atoms with Gasteiger partial charge in [-0.15, -0.1) is 11.6 Å². The molecule has 2 atom stereocenters. The molecule has 2 aromatic rings. The van der Waals surface area contributed by atoms with E-state index in [1.807, 2.05) is 6.92 Å². The number of rotatable bonds is 4. The van der Waals surface area contributed by atoms with Gasteiger partial charge in [-0.25, -0.2) is 9.37 Å². The van der Waals surface area contributed by atoms with E-state index in [0.717, 1.165) is 0 Å². The zero-order chi connectivity index (χ0) is 15.7. The van der Waals surface area contributed by atoms with Crippen LogP contribution >= 0.6 is 11.6 Å². The van der Waals surface area contributed by atoms with Crippen molar-refractivity contribution >= 4 is 28.5 Å². The molecule has 0 fully saturated rings. The van der Waals surface area contributed by atoms with Gasteiger partial charge < -0.3 is 9.47 Å². The zero-order valence-corrected chi connectivity index (χ0v) is 13.4. The molecule has 6 heteroatoms. The van der Waals surface area contributed by atoms with Crippen LogP contribution in [-0.4, -0.2) is 34.0 Å². The fourth-order valence-electron chi connectivity index (χ4n) is 2.37. The number of aromatic nitrogens is 2. The molecule has 2 unspecified atom stereocenters. The van der Waals surface area contributed by atoms with E-state index in [9.17, 15) is 9.18 Å². The lowest BCUT2D eigenvalue weighted by Gasteiger charge is -2.23. The van der Waals surface area contributed by atoms with Gasteiger partial charge in [-0.2, -0.15) is 0 Å². The average Bonchev–Trinajstić information content (AvgIpc) is 2.86. The molecule has 114 valence electrons. The highest BCUT2D eigenvalue weighted by Crippen LogP contribution is 2.29. The fourth-order valence-corrected chi connectivity index (χ4v) is 2.53. The maximum Gasteiger partial charge on any atom is 0.245 e. The molecule has 0 N–H and O–H groups in total. The van der Waals surface area contributed by atoms with Crippen molar-refractivity contribution in [3.05, 3.63) is 29.8 Å². The van der Waals surface area contributed by atoms with Crippen LogP contribution in [0.1, 0.15) is 38.0 Å². The largest absolute Gasteiger partial charge is 0.344 e. The quantitative estimate of drug-likeness (QED) is 0.810. The third kappa shape index (κ3) is 2.75. The number of carbonyl (C=O) groups is 1. The van der Waals surface area contributed by atoms with E-state index >= 15 is 0 Å². The highest BCUT2D eigenvalue weighted by atomic mass is 35.5. The number of imidazole rings is 1. The van der Waals surface area contributed by atoms with Crippen LogP contribution in [0, 0.1) is 5.82 Å². The number of fused-ring (bicyclic) bond motifs is 1. The van der Waals surface area contributed by atoms with Crippen LogP contribution in [0.2, 0.25) is 0 Å². The van der Waals surface area contributed by atoms with Crippen molar-refractivity contribution < 1.29 is 9.18 Å². The van der Waals surface area contributed by atoms with E-state index < -0.39 is 17.2 Å². The van der Waals surface area contributed by atoms with Crippen LogP contribution < -0.4 is 0 Å². The first-order chi connectivity index (χ1) is 9.88. The number of alkyl halides is 1. The van der Waals surface area contributed by atoms with Crippen LogP contribution in [0.5, 0.6) is 0 Å². The third-order valence-corrected chi connectivity index (χ3v) is 3.84. The molecule has 21 heavy (non-hydrogen) atoms. The van der Waals surface area contributed by atoms with E-state index in [1.165, 1.54) is 6.07 Å². The summed E-state index contributed by atoms with van der Waals surface area (Å²) in [6.45, 7) is 6.05. The van der Waals surface area contributed by atoms with Crippen molar-refractivity contribution in [3.8, 4) is 0 Å². The summed E-state index contributed by atoms with van der Waals surface area (Å²) >= 11 is 6.16. The maximum absolute atomic E-state index is 13.9. The van der Waals surface area contributed by atoms with Crippen molar-refractivity contribution in [1.82, 2.24) is 14.5 Å². The number of para-hydroxylation sites is 1. The topological polar surface area (TPSA) is 38.1 Å². The van der Waals surface area contributed by atoms with E-state index in [-0.39, 0.29) is 11.4 Å². The lowest BCUT2D eigenvalue weighted by Crippen LogP contribution is -2.33. The first-order valence-corrected chi connectivity index (χ1v) is 7.37. The Kier molecular flexibility index (Phi) is 4.52. The summed E-state index contributed by atoms with van der Waals surface area (Å²) in [6, 6.07) is 4.23. The van der Waals surface area contributed by atoms with Gasteiger partial charge in [0.15, 0.2) is 5.82 Å². The second-order valence-electron chi connectivity index (χ2n) is 5.09. The van der Waals surface area contributed by atoms with Crippen molar-refractivity contribution in [2.45, 2.75) is 32.2 Å². The van der Waals surface area contributed by atoms with Gasteiger partial charge in [0, 0.05) is 13.6 Å². The Hall–Kier alpha value is -1.62. The van der Waals surface area contributed by atoms with Gasteiger partial charge in [0.05, 0.1) is 10.9 Å². The number of carbonyl (C=O) groups excluding carboxylic acids is 1. The molecule has 0 bridgehead atoms. The maximum atomic E-state index is 13.9. The molecule has 1 aromatic heterocycles. The highest BCUT2D eigenvalue weighted by molar-refractivity contribution is 6.20. The second kappa shape index (κ2) is 6.02. The Morgan fingerprint density at radius 2 is 2.14 bits per heavy atom. The number of halogens is 2. The summed E-state index contributed by atoms with van der Waals surface area (Å²) in [5.41, 5.74) is 0.835. The van der Waals surface area contributed by atoms with Crippen LogP contribution in [0.4, 0.5) is 4.39 Å². The molecule has 0 aliphatic carbocycles. The number of hydrogen-bond acceptors (Lipinski definition) is 2. The predicted octanol–water partition coefficient (Wildman–Crippen LogP) is 3.51. The molecular formula is C15H19ClFN3O. The summed E-state index contributed by atoms with van der Waals surface area (Å²) in [6.07, 6.45) is 0. The number of likely N-dealkylation sites (N-methyl/N-ethyl adjacent to an activating group) is 1. The molecule has 0 spiro atoms. The van der Waals surface area contributed by atoms with Crippen molar-refractivity contribution in [1.29, 1.82) is 0 Å². The minimum atomic E-state index is -0.488. The van der Waals surface area contributed by atoms with Gasteiger partial charge in [-0.05, 0) is 32.9 Å². The monoisotopic (exact) mass is 311 g/mol. The van der Waals surface area contributed by atoms with Crippen LogP contribution in [0.3, 0.4) is 0 Å². The van der Waals surface area contributed by atoms with Crippen molar-refractivity contribution in [3.63, 3.8) is 0 Å². The van der Waals surface area contributed by atoms with Gasteiger partial charge in [-0.1, -0.05) is 6.07 Å². The molecule has 0 radical (unpaired) electrons. The van der Waals surface area contributed by atoms with Crippen LogP contribution in [0.25, 0.3) is 11.0 Å². The number of nitrogens with zero attached hydrogens (tertiary/aromatic N) is 3. The van der Waals surface area contributed by atoms with Gasteiger partial charge in [0.25, 0.3) is 0 Å². The lowest BCUT2D eigenvalue weighted by molar-refractivity contribution is -0.132. The minimum Gasteiger partial charge on any atom is -0.344 e. The lowest BCUT2D eigenvalue weighted by atomic mass is 10.2. The second-order valence-corrected chi connectivity index (χ2v) is 5.75. The summed E-state index contributed by atoms with van der Waals surface area (Å²) in [5.74, 6) is 0.0371. The summed E-state index contributed by atoms with van der Waals surface area (Å²) in [7, 11) is 1.74. The SMILES string of the molecule is CCN(C)C(=O)C(C)n1c(C(C)Cl)nc2c(F)cccc21. The zero-order valence-electron chi connectivity index (χ0n) is 12.6. The van der Waals surface area contributed by atoms with E-state index in [4.69, 9.17) is 11.6 Å². The molecule has 1 heterocycles. The third-order valence-electron chi connectivity index (χ3n) is 3.65. The van der Waals surface area contributed by atoms with E-state index in [2.05, 4.69) is 4.98 Å². The van der Waals surface area contributed by atoms with E-state index in [0.29, 0.717) is 17.9 Å². The molecular weight excluding hydrogens is 293 g/mol. The summed E-state index contributed by atoms with van der Waals surface area (Å²) in [5, 5.41) is -0.418. The smallest absolute Gasteiger partial charge is 0.245 e. The number of amides is 1. The standard InChI is InChI=1S/C15H19ClFN3O/c1-5-19(4)15(21)10(3)20-12-8-6-7-11(17)13(12)18-14(20)9(2)16/h6-10H,5H2,1-4H3. The fraction of sp³-hybridized carbons (Fsp3) is 0.467. The number of hydrogen-bond donors (Lipinski definition) is 0. The number of benzene rings is 1. The average molecular weight is 312 g/mol. The Balaban J connectivity index is 2.63. The first kappa shape index (κ1) is 15.8. The Morgan fingerprint density at radius 1 is 1.48 bits per heavy atom. The van der Waals surface area contributed by atoms with Gasteiger partial charge >= 0.3 is 0 Å². The predicted molar refractivity (Wildman–Crippen MR) is 82.0 cm³/mol. The molecule has 0 aliphatic rings. The van der Waals surface area contributed by atoms with Crippen molar-refractivity contribution in [2.24, 2.45) is 0 Å². The summed E-state index contributed by atoms with van der Waals surface area (Å²) in [4.78, 5) is 18.3. The Morgan fingerprint density at radius 3 is 2.71 bits per heavy atom. The molecule has 1 aromatic carbocycles. The van der Waals surface area contributed by atoms with Gasteiger partial charge in [-0.3, -0.25) is 4.79 Å². The van der Waals surface area contributed by atoms with Gasteiger partial charge in [0.2, 0.25) is 5.91 Å². The molecule has 2 rings (SSSR count). The van der Waals surface area contributed by atoms with Crippen molar-refractivity contribution in [2.75, 3.05) is 13.6 Å². The molecule has 0 saturated heterocycles. The highest BCUT2D eigenvalue weighted by Gasteiger charge is 2.26. The molecule has 0 aliphatic heterocycles. The normalized spacial score (nSPS) is 14.2. The first-order valence-electron chi connectivity index (χ1n) is 6.93. The molecule has 1 amide bonds. The minimum absolute atomic E-state index is 0.0559. The van der Waals surface area contributed by atoms with Gasteiger partial charge in [0.1, 0.15) is 17.4 Å². The Labute approximate surface area is 128 Å². The van der Waals surface area contributed by atoms with Crippen LogP contribution in [-0.2, 0) is 4.79 Å². The molecule has 0 saturated carbocycles.